The summed E-state index contributed by atoms with van der Waals surface area (Å²) in [6.07, 6.45) is -2.06. The minimum absolute atomic E-state index is 0.237. The Balaban J connectivity index is 3.36. The Hall–Kier alpha value is -1.10. The van der Waals surface area contributed by atoms with Gasteiger partial charge in [-0.3, -0.25) is 4.79 Å². The molecule has 0 amide bonds. The molecule has 1 aromatic heterocycles. The van der Waals surface area contributed by atoms with Crippen LogP contribution < -0.4 is 5.56 Å². The molecule has 0 aliphatic carbocycles. The van der Waals surface area contributed by atoms with Gasteiger partial charge in [-0.25, -0.2) is 8.78 Å². The zero-order valence-corrected chi connectivity index (χ0v) is 7.11. The van der Waals surface area contributed by atoms with Crippen LogP contribution in [-0.2, 0) is 5.88 Å². The molecule has 0 radical (unpaired) electrons. The highest BCUT2D eigenvalue weighted by Crippen LogP contribution is 2.28. The van der Waals surface area contributed by atoms with Gasteiger partial charge in [0.2, 0.25) is 0 Å². The van der Waals surface area contributed by atoms with Gasteiger partial charge in [0.25, 0.3) is 12.0 Å². The molecule has 1 rings (SSSR count). The van der Waals surface area contributed by atoms with Crippen LogP contribution in [0, 0.1) is 0 Å². The van der Waals surface area contributed by atoms with Crippen LogP contribution >= 0.6 is 11.6 Å². The lowest BCUT2D eigenvalue weighted by molar-refractivity contribution is 0.146. The van der Waals surface area contributed by atoms with Crippen molar-refractivity contribution in [3.63, 3.8) is 0 Å². The van der Waals surface area contributed by atoms with Gasteiger partial charge >= 0.3 is 0 Å². The van der Waals surface area contributed by atoms with Crippen LogP contribution in [0.5, 0.6) is 5.75 Å². The Morgan fingerprint density at radius 2 is 2.23 bits per heavy atom. The number of aromatic amines is 1. The summed E-state index contributed by atoms with van der Waals surface area (Å²) in [5.41, 5.74) is -1.51. The lowest BCUT2D eigenvalue weighted by atomic mass is 10.2. The van der Waals surface area contributed by atoms with Crippen LogP contribution in [0.2, 0.25) is 0 Å². The number of aromatic nitrogens is 1. The first-order valence-corrected chi connectivity index (χ1v) is 3.89. The second-order valence-corrected chi connectivity index (χ2v) is 2.60. The smallest absolute Gasteiger partial charge is 0.268 e. The maximum absolute atomic E-state index is 12.2. The van der Waals surface area contributed by atoms with Crippen LogP contribution in [0.1, 0.15) is 17.6 Å². The van der Waals surface area contributed by atoms with Gasteiger partial charge in [0.1, 0.15) is 5.75 Å². The van der Waals surface area contributed by atoms with Gasteiger partial charge in [-0.1, -0.05) is 0 Å². The van der Waals surface area contributed by atoms with Crippen molar-refractivity contribution in [1.29, 1.82) is 0 Å². The fraction of sp³-hybridized carbons (Fsp3) is 0.286. The largest absolute Gasteiger partial charge is 0.507 e. The summed E-state index contributed by atoms with van der Waals surface area (Å²) < 4.78 is 24.3. The van der Waals surface area contributed by atoms with E-state index in [2.05, 4.69) is 4.98 Å². The first kappa shape index (κ1) is 9.98. The van der Waals surface area contributed by atoms with E-state index in [0.717, 1.165) is 6.20 Å². The molecule has 0 aliphatic rings. The van der Waals surface area contributed by atoms with E-state index in [1.165, 1.54) is 0 Å². The Morgan fingerprint density at radius 1 is 1.62 bits per heavy atom. The third-order valence-electron chi connectivity index (χ3n) is 1.56. The lowest BCUT2D eigenvalue weighted by Crippen LogP contribution is -2.12. The molecule has 0 aromatic carbocycles. The average Bonchev–Trinajstić information content (AvgIpc) is 2.04. The lowest BCUT2D eigenvalue weighted by Gasteiger charge is -2.05. The van der Waals surface area contributed by atoms with Crippen molar-refractivity contribution < 1.29 is 13.9 Å². The highest BCUT2D eigenvalue weighted by Gasteiger charge is 2.17. The van der Waals surface area contributed by atoms with Crippen molar-refractivity contribution in [3.8, 4) is 5.75 Å². The van der Waals surface area contributed by atoms with E-state index in [1.54, 1.807) is 0 Å². The molecule has 1 aromatic rings. The van der Waals surface area contributed by atoms with Gasteiger partial charge in [-0.2, -0.15) is 0 Å². The summed E-state index contributed by atoms with van der Waals surface area (Å²) in [4.78, 5) is 13.0. The molecular formula is C7H6ClF2NO2. The van der Waals surface area contributed by atoms with Crippen LogP contribution in [0.25, 0.3) is 0 Å². The summed E-state index contributed by atoms with van der Waals surface area (Å²) in [6.45, 7) is 0. The third-order valence-corrected chi connectivity index (χ3v) is 1.83. The molecule has 1 heterocycles. The average molecular weight is 210 g/mol. The first-order valence-electron chi connectivity index (χ1n) is 3.35. The number of H-pyrrole nitrogens is 1. The predicted octanol–water partition coefficient (Wildman–Crippen LogP) is 1.76. The van der Waals surface area contributed by atoms with Crippen molar-refractivity contribution >= 4 is 11.6 Å². The molecule has 0 atom stereocenters. The van der Waals surface area contributed by atoms with Gasteiger partial charge < -0.3 is 10.1 Å². The number of halogens is 3. The summed E-state index contributed by atoms with van der Waals surface area (Å²) in [6, 6.07) is 0. The van der Waals surface area contributed by atoms with E-state index in [4.69, 9.17) is 16.7 Å². The molecule has 0 fully saturated rings. The topological polar surface area (TPSA) is 53.1 Å². The third kappa shape index (κ3) is 1.80. The fourth-order valence-corrected chi connectivity index (χ4v) is 1.12. The summed E-state index contributed by atoms with van der Waals surface area (Å²) in [7, 11) is 0. The zero-order chi connectivity index (χ0) is 10.0. The number of hydrogen-bond acceptors (Lipinski definition) is 2. The van der Waals surface area contributed by atoms with E-state index in [1.807, 2.05) is 0 Å². The second-order valence-electron chi connectivity index (χ2n) is 2.33. The van der Waals surface area contributed by atoms with Gasteiger partial charge in [-0.05, 0) is 0 Å². The van der Waals surface area contributed by atoms with Gasteiger partial charge in [0, 0.05) is 6.20 Å². The number of rotatable bonds is 2. The summed E-state index contributed by atoms with van der Waals surface area (Å²) in [5, 5.41) is 9.16. The Kier molecular flexibility index (Phi) is 2.87. The number of pyridine rings is 1. The molecule has 72 valence electrons. The fourth-order valence-electron chi connectivity index (χ4n) is 0.871. The second kappa shape index (κ2) is 3.74. The summed E-state index contributed by atoms with van der Waals surface area (Å²) >= 11 is 5.29. The quantitative estimate of drug-likeness (QED) is 0.730. The number of hydrogen-bond donors (Lipinski definition) is 2. The predicted molar refractivity (Wildman–Crippen MR) is 43.2 cm³/mol. The van der Waals surface area contributed by atoms with E-state index < -0.39 is 23.3 Å². The van der Waals surface area contributed by atoms with Crippen LogP contribution in [0.4, 0.5) is 8.78 Å². The molecule has 6 heteroatoms. The molecule has 0 aliphatic heterocycles. The number of alkyl halides is 3. The Morgan fingerprint density at radius 3 is 2.69 bits per heavy atom. The minimum atomic E-state index is -2.83. The maximum Gasteiger partial charge on any atom is 0.268 e. The van der Waals surface area contributed by atoms with Crippen LogP contribution in [0.15, 0.2) is 11.0 Å². The van der Waals surface area contributed by atoms with E-state index in [-0.39, 0.29) is 11.4 Å². The monoisotopic (exact) mass is 209 g/mol. The molecule has 0 saturated heterocycles. The number of aromatic hydroxyl groups is 1. The normalized spacial score (nSPS) is 10.8. The molecule has 0 unspecified atom stereocenters. The molecular weight excluding hydrogens is 204 g/mol. The molecule has 3 nitrogen and oxygen atoms in total. The Labute approximate surface area is 77.0 Å². The summed E-state index contributed by atoms with van der Waals surface area (Å²) in [5.74, 6) is -1.03. The van der Waals surface area contributed by atoms with Gasteiger partial charge in [-0.15, -0.1) is 11.6 Å². The van der Waals surface area contributed by atoms with Crippen molar-refractivity contribution in [2.75, 3.05) is 0 Å². The van der Waals surface area contributed by atoms with Crippen molar-refractivity contribution in [2.24, 2.45) is 0 Å². The van der Waals surface area contributed by atoms with E-state index in [0.29, 0.717) is 0 Å². The van der Waals surface area contributed by atoms with E-state index >= 15 is 0 Å². The van der Waals surface area contributed by atoms with Crippen molar-refractivity contribution in [3.05, 3.63) is 27.7 Å². The minimum Gasteiger partial charge on any atom is -0.507 e. The highest BCUT2D eigenvalue weighted by molar-refractivity contribution is 6.17. The first-order chi connectivity index (χ1) is 6.07. The van der Waals surface area contributed by atoms with Crippen molar-refractivity contribution in [2.45, 2.75) is 12.3 Å². The number of nitrogens with one attached hydrogen (secondary N) is 1. The van der Waals surface area contributed by atoms with Crippen LogP contribution in [-0.4, -0.2) is 10.1 Å². The highest BCUT2D eigenvalue weighted by atomic mass is 35.5. The Bertz CT molecular complexity index is 364. The SMILES string of the molecule is O=c1[nH]cc(C(F)F)c(O)c1CCl. The standard InChI is InChI=1S/C7H6ClF2NO2/c8-1-3-5(12)4(6(9)10)2-11-7(3)13/h2,6H,1H2,(H2,11,12,13). The van der Waals surface area contributed by atoms with Crippen LogP contribution in [0.3, 0.4) is 0 Å². The van der Waals surface area contributed by atoms with Gasteiger partial charge in [0.05, 0.1) is 17.0 Å². The molecule has 0 saturated carbocycles. The zero-order valence-electron chi connectivity index (χ0n) is 6.35. The molecule has 0 bridgehead atoms. The van der Waals surface area contributed by atoms with Crippen molar-refractivity contribution in [1.82, 2.24) is 4.98 Å². The van der Waals surface area contributed by atoms with Gasteiger partial charge in [0.15, 0.2) is 0 Å². The molecule has 13 heavy (non-hydrogen) atoms. The molecule has 0 spiro atoms. The maximum atomic E-state index is 12.2. The molecule has 2 N–H and O–H groups in total. The van der Waals surface area contributed by atoms with E-state index in [9.17, 15) is 13.6 Å².